The highest BCUT2D eigenvalue weighted by Gasteiger charge is 2.26. The summed E-state index contributed by atoms with van der Waals surface area (Å²) >= 11 is 1.19. The molecule has 0 N–H and O–H groups in total. The Morgan fingerprint density at radius 3 is 2.54 bits per heavy atom. The molecule has 1 atom stereocenters. The Bertz CT molecular complexity index is 987. The highest BCUT2D eigenvalue weighted by molar-refractivity contribution is 8.55. The van der Waals surface area contributed by atoms with Crippen molar-refractivity contribution in [1.82, 2.24) is 9.97 Å². The Balaban J connectivity index is 1.70. The number of nitrogens with zero attached hydrogens (tertiary/aromatic N) is 2. The van der Waals surface area contributed by atoms with Gasteiger partial charge in [0.05, 0.1) is 23.8 Å². The van der Waals surface area contributed by atoms with Gasteiger partial charge in [-0.1, -0.05) is 6.92 Å². The number of ether oxygens (including phenoxy) is 1. The van der Waals surface area contributed by atoms with E-state index in [1.54, 1.807) is 37.3 Å². The predicted molar refractivity (Wildman–Crippen MR) is 109 cm³/mol. The van der Waals surface area contributed by atoms with Crippen molar-refractivity contribution in [2.24, 2.45) is 0 Å². The second-order valence-electron chi connectivity index (χ2n) is 5.70. The van der Waals surface area contributed by atoms with Crippen LogP contribution in [0.3, 0.4) is 0 Å². The molecule has 0 aliphatic carbocycles. The van der Waals surface area contributed by atoms with Crippen molar-refractivity contribution in [3.05, 3.63) is 54.5 Å². The molecule has 0 radical (unpaired) electrons. The minimum Gasteiger partial charge on any atom is -0.437 e. The molecule has 0 spiro atoms. The fraction of sp³-hybridized carbons (Fsp3) is 0.263. The number of rotatable bonds is 9. The molecule has 1 unspecified atom stereocenters. The van der Waals surface area contributed by atoms with Gasteiger partial charge in [-0.25, -0.2) is 18.9 Å². The molecule has 3 rings (SSSR count). The van der Waals surface area contributed by atoms with E-state index in [2.05, 4.69) is 9.97 Å². The van der Waals surface area contributed by atoms with Crippen LogP contribution in [-0.4, -0.2) is 22.3 Å². The fourth-order valence-corrected chi connectivity index (χ4v) is 5.74. The quantitative estimate of drug-likeness (QED) is 0.379. The standard InChI is InChI=1S/C19H20FN2O4PS/c1-3-11-28-27(23,24-4-2)26-16-8-6-15(7-9-16)25-19-13-21-18-12-14(20)5-10-17(18)22-19/h5-10,12-13H,3-4,11H2,1-2H3. The van der Waals surface area contributed by atoms with Crippen molar-refractivity contribution in [3.63, 3.8) is 0 Å². The van der Waals surface area contributed by atoms with E-state index >= 15 is 0 Å². The number of hydrogen-bond donors (Lipinski definition) is 0. The van der Waals surface area contributed by atoms with Crippen LogP contribution >= 0.6 is 18.2 Å². The first kappa shape index (κ1) is 20.6. The van der Waals surface area contributed by atoms with Crippen LogP contribution in [0, 0.1) is 5.82 Å². The minimum atomic E-state index is -3.25. The van der Waals surface area contributed by atoms with Crippen LogP contribution in [0.15, 0.2) is 48.7 Å². The first-order valence-corrected chi connectivity index (χ1v) is 11.9. The highest BCUT2D eigenvalue weighted by Crippen LogP contribution is 2.60. The van der Waals surface area contributed by atoms with Gasteiger partial charge in [0.2, 0.25) is 5.88 Å². The van der Waals surface area contributed by atoms with Crippen molar-refractivity contribution in [3.8, 4) is 17.4 Å². The van der Waals surface area contributed by atoms with Gasteiger partial charge in [-0.2, -0.15) is 0 Å². The molecule has 0 aliphatic heterocycles. The third-order valence-corrected chi connectivity index (χ3v) is 7.44. The first-order chi connectivity index (χ1) is 13.5. The molecule has 28 heavy (non-hydrogen) atoms. The zero-order valence-electron chi connectivity index (χ0n) is 15.5. The molecule has 0 saturated carbocycles. The van der Waals surface area contributed by atoms with Gasteiger partial charge in [0, 0.05) is 11.8 Å². The van der Waals surface area contributed by atoms with Gasteiger partial charge < -0.3 is 9.26 Å². The van der Waals surface area contributed by atoms with Crippen LogP contribution in [0.1, 0.15) is 20.3 Å². The summed E-state index contributed by atoms with van der Waals surface area (Å²) in [7, 11) is 0. The zero-order chi connectivity index (χ0) is 20.0. The third kappa shape index (κ3) is 5.44. The number of benzene rings is 2. The normalized spacial score (nSPS) is 13.2. The Morgan fingerprint density at radius 2 is 1.82 bits per heavy atom. The van der Waals surface area contributed by atoms with Crippen LogP contribution in [0.25, 0.3) is 11.0 Å². The Kier molecular flexibility index (Phi) is 6.88. The maximum Gasteiger partial charge on any atom is 0.440 e. The molecule has 9 heteroatoms. The van der Waals surface area contributed by atoms with Crippen molar-refractivity contribution in [2.75, 3.05) is 12.4 Å². The molecule has 0 aliphatic rings. The highest BCUT2D eigenvalue weighted by atomic mass is 32.7. The summed E-state index contributed by atoms with van der Waals surface area (Å²) in [6, 6.07) is 10.8. The van der Waals surface area contributed by atoms with Crippen LogP contribution in [-0.2, 0) is 9.09 Å². The van der Waals surface area contributed by atoms with E-state index in [0.717, 1.165) is 6.42 Å². The molecule has 2 aromatic carbocycles. The first-order valence-electron chi connectivity index (χ1n) is 8.80. The molecule has 6 nitrogen and oxygen atoms in total. The van der Waals surface area contributed by atoms with Crippen molar-refractivity contribution < 1.29 is 22.7 Å². The lowest BCUT2D eigenvalue weighted by Crippen LogP contribution is -1.96. The second-order valence-corrected chi connectivity index (χ2v) is 9.82. The van der Waals surface area contributed by atoms with Crippen LogP contribution in [0.4, 0.5) is 4.39 Å². The molecule has 1 aromatic heterocycles. The van der Waals surface area contributed by atoms with Gasteiger partial charge in [0.1, 0.15) is 17.3 Å². The van der Waals surface area contributed by atoms with E-state index in [0.29, 0.717) is 34.9 Å². The maximum atomic E-state index is 13.2. The van der Waals surface area contributed by atoms with Crippen molar-refractivity contribution >= 4 is 29.2 Å². The summed E-state index contributed by atoms with van der Waals surface area (Å²) < 4.78 is 42.5. The number of hydrogen-bond acceptors (Lipinski definition) is 7. The molecule has 0 amide bonds. The molecule has 0 fully saturated rings. The minimum absolute atomic E-state index is 0.284. The van der Waals surface area contributed by atoms with Crippen LogP contribution < -0.4 is 9.26 Å². The van der Waals surface area contributed by atoms with E-state index in [1.807, 2.05) is 6.92 Å². The fourth-order valence-electron chi connectivity index (χ4n) is 2.29. The molecule has 0 bridgehead atoms. The summed E-state index contributed by atoms with van der Waals surface area (Å²) in [5, 5.41) is 0. The Morgan fingerprint density at radius 1 is 1.07 bits per heavy atom. The van der Waals surface area contributed by atoms with E-state index < -0.39 is 6.80 Å². The molecule has 3 aromatic rings. The van der Waals surface area contributed by atoms with Gasteiger partial charge in [0.25, 0.3) is 0 Å². The van der Waals surface area contributed by atoms with E-state index in [9.17, 15) is 8.96 Å². The monoisotopic (exact) mass is 422 g/mol. The molecule has 148 valence electrons. The van der Waals surface area contributed by atoms with E-state index in [1.165, 1.54) is 29.7 Å². The van der Waals surface area contributed by atoms with Gasteiger partial charge in [0.15, 0.2) is 0 Å². The zero-order valence-corrected chi connectivity index (χ0v) is 17.2. The maximum absolute atomic E-state index is 13.2. The van der Waals surface area contributed by atoms with Gasteiger partial charge >= 0.3 is 6.80 Å². The summed E-state index contributed by atoms with van der Waals surface area (Å²) in [6.07, 6.45) is 2.30. The van der Waals surface area contributed by atoms with Crippen molar-refractivity contribution in [2.45, 2.75) is 20.3 Å². The van der Waals surface area contributed by atoms with Crippen LogP contribution in [0.5, 0.6) is 17.4 Å². The topological polar surface area (TPSA) is 70.5 Å². The summed E-state index contributed by atoms with van der Waals surface area (Å²) in [6.45, 7) is 0.835. The van der Waals surface area contributed by atoms with Gasteiger partial charge in [-0.05, 0) is 61.1 Å². The van der Waals surface area contributed by atoms with Gasteiger partial charge in [-0.3, -0.25) is 4.52 Å². The number of fused-ring (bicyclic) bond motifs is 1. The smallest absolute Gasteiger partial charge is 0.437 e. The molecular formula is C19H20FN2O4PS. The number of halogens is 1. The van der Waals surface area contributed by atoms with Crippen LogP contribution in [0.2, 0.25) is 0 Å². The Labute approximate surface area is 166 Å². The lowest BCUT2D eigenvalue weighted by atomic mass is 10.3. The second kappa shape index (κ2) is 9.37. The van der Waals surface area contributed by atoms with E-state index in [-0.39, 0.29) is 11.7 Å². The summed E-state index contributed by atoms with van der Waals surface area (Å²) in [5.41, 5.74) is 0.983. The summed E-state index contributed by atoms with van der Waals surface area (Å²) in [5.74, 6) is 1.53. The molecular weight excluding hydrogens is 402 g/mol. The summed E-state index contributed by atoms with van der Waals surface area (Å²) in [4.78, 5) is 8.45. The third-order valence-electron chi connectivity index (χ3n) is 3.49. The number of aromatic nitrogens is 2. The largest absolute Gasteiger partial charge is 0.440 e. The van der Waals surface area contributed by atoms with Gasteiger partial charge in [-0.15, -0.1) is 0 Å². The lowest BCUT2D eigenvalue weighted by molar-refractivity contribution is 0.296. The van der Waals surface area contributed by atoms with Crippen molar-refractivity contribution in [1.29, 1.82) is 0 Å². The van der Waals surface area contributed by atoms with E-state index in [4.69, 9.17) is 13.8 Å². The SMILES string of the molecule is CCCSP(=O)(OCC)Oc1ccc(Oc2cnc3cc(F)ccc3n2)cc1. The Hall–Kier alpha value is -2.15. The molecule has 1 heterocycles. The average Bonchev–Trinajstić information content (AvgIpc) is 2.68. The molecule has 0 saturated heterocycles. The predicted octanol–water partition coefficient (Wildman–Crippen LogP) is 6.23. The average molecular weight is 422 g/mol. The lowest BCUT2D eigenvalue weighted by Gasteiger charge is -2.17.